The summed E-state index contributed by atoms with van der Waals surface area (Å²) >= 11 is 1.75. The Morgan fingerprint density at radius 1 is 1.20 bits per heavy atom. The monoisotopic (exact) mass is 288 g/mol. The minimum atomic E-state index is 0.549. The number of nitrogens with one attached hydrogen (secondary N) is 1. The maximum absolute atomic E-state index is 5.70. The molecule has 4 nitrogen and oxygen atoms in total. The number of rotatable bonds is 2. The zero-order chi connectivity index (χ0) is 13.9. The van der Waals surface area contributed by atoms with Gasteiger partial charge in [0.25, 0.3) is 0 Å². The molecule has 106 valence electrons. The van der Waals surface area contributed by atoms with Gasteiger partial charge in [0.15, 0.2) is 5.82 Å². The summed E-state index contributed by atoms with van der Waals surface area (Å²) in [5.41, 5.74) is 4.04. The molecule has 20 heavy (non-hydrogen) atoms. The highest BCUT2D eigenvalue weighted by molar-refractivity contribution is 7.18. The van der Waals surface area contributed by atoms with Crippen LogP contribution in [0.4, 0.5) is 5.82 Å². The van der Waals surface area contributed by atoms with Gasteiger partial charge in [-0.05, 0) is 50.5 Å². The van der Waals surface area contributed by atoms with Crippen molar-refractivity contribution >= 4 is 27.4 Å². The van der Waals surface area contributed by atoms with Crippen LogP contribution in [0.15, 0.2) is 0 Å². The standard InChI is InChI=1S/C15H20N4S/c1-7-8(2)20-15-12(7)14(19-16)17-13(18-15)11-6-9-3-4-10(11)5-9/h9-11H,3-6,16H2,1-2H3,(H,17,18,19). The summed E-state index contributed by atoms with van der Waals surface area (Å²) in [5.74, 6) is 9.77. The average molecular weight is 288 g/mol. The van der Waals surface area contributed by atoms with Crippen LogP contribution in [-0.4, -0.2) is 9.97 Å². The molecule has 2 bridgehead atoms. The Kier molecular flexibility index (Phi) is 2.76. The third-order valence-corrected chi connectivity index (χ3v) is 6.35. The number of nitrogens with zero attached hydrogens (tertiary/aromatic N) is 2. The lowest BCUT2D eigenvalue weighted by Gasteiger charge is -2.20. The second-order valence-electron chi connectivity index (χ2n) is 6.32. The fourth-order valence-corrected chi connectivity index (χ4v) is 5.13. The SMILES string of the molecule is Cc1sc2nc(C3CC4CCC3C4)nc(NN)c2c1C. The van der Waals surface area contributed by atoms with E-state index >= 15 is 0 Å². The summed E-state index contributed by atoms with van der Waals surface area (Å²) in [6.07, 6.45) is 5.40. The topological polar surface area (TPSA) is 63.8 Å². The van der Waals surface area contributed by atoms with Crippen molar-refractivity contribution in [1.82, 2.24) is 9.97 Å². The number of hydrogen-bond donors (Lipinski definition) is 2. The summed E-state index contributed by atoms with van der Waals surface area (Å²) in [7, 11) is 0. The summed E-state index contributed by atoms with van der Waals surface area (Å²) in [5, 5.41) is 1.10. The van der Waals surface area contributed by atoms with Crippen LogP contribution in [0.1, 0.15) is 47.9 Å². The van der Waals surface area contributed by atoms with Gasteiger partial charge in [0, 0.05) is 10.8 Å². The van der Waals surface area contributed by atoms with Gasteiger partial charge >= 0.3 is 0 Å². The highest BCUT2D eigenvalue weighted by Crippen LogP contribution is 2.52. The van der Waals surface area contributed by atoms with Crippen LogP contribution in [-0.2, 0) is 0 Å². The first-order valence-electron chi connectivity index (χ1n) is 7.41. The Labute approximate surface area is 122 Å². The van der Waals surface area contributed by atoms with E-state index in [0.717, 1.165) is 33.7 Å². The number of nitrogen functional groups attached to an aromatic ring is 1. The summed E-state index contributed by atoms with van der Waals surface area (Å²) < 4.78 is 0. The Hall–Kier alpha value is -1.20. The van der Waals surface area contributed by atoms with Gasteiger partial charge < -0.3 is 5.43 Å². The lowest BCUT2D eigenvalue weighted by atomic mass is 9.88. The van der Waals surface area contributed by atoms with E-state index < -0.39 is 0 Å². The predicted octanol–water partition coefficient (Wildman–Crippen LogP) is 3.50. The number of aromatic nitrogens is 2. The van der Waals surface area contributed by atoms with Gasteiger partial charge in [-0.15, -0.1) is 11.3 Å². The number of hydrogen-bond acceptors (Lipinski definition) is 5. The maximum Gasteiger partial charge on any atom is 0.152 e. The largest absolute Gasteiger partial charge is 0.308 e. The molecule has 2 aliphatic rings. The number of hydrazine groups is 1. The highest BCUT2D eigenvalue weighted by atomic mass is 32.1. The summed E-state index contributed by atoms with van der Waals surface area (Å²) in [4.78, 5) is 12.0. The molecule has 0 aromatic carbocycles. The fourth-order valence-electron chi connectivity index (χ4n) is 4.10. The zero-order valence-electron chi connectivity index (χ0n) is 11.9. The lowest BCUT2D eigenvalue weighted by Crippen LogP contribution is -2.15. The van der Waals surface area contributed by atoms with Crippen molar-refractivity contribution in [2.75, 3.05) is 5.43 Å². The number of fused-ring (bicyclic) bond motifs is 3. The van der Waals surface area contributed by atoms with Gasteiger partial charge in [0.2, 0.25) is 0 Å². The van der Waals surface area contributed by atoms with Gasteiger partial charge in [-0.2, -0.15) is 0 Å². The molecular weight excluding hydrogens is 268 g/mol. The molecular formula is C15H20N4S. The smallest absolute Gasteiger partial charge is 0.152 e. The van der Waals surface area contributed by atoms with Crippen molar-refractivity contribution in [3.8, 4) is 0 Å². The van der Waals surface area contributed by atoms with Gasteiger partial charge in [0.1, 0.15) is 10.7 Å². The van der Waals surface area contributed by atoms with Crippen LogP contribution in [0.3, 0.4) is 0 Å². The zero-order valence-corrected chi connectivity index (χ0v) is 12.8. The molecule has 0 spiro atoms. The van der Waals surface area contributed by atoms with E-state index in [1.807, 2.05) is 0 Å². The van der Waals surface area contributed by atoms with Crippen LogP contribution >= 0.6 is 11.3 Å². The van der Waals surface area contributed by atoms with Crippen molar-refractivity contribution in [3.05, 3.63) is 16.3 Å². The third-order valence-electron chi connectivity index (χ3n) is 5.25. The predicted molar refractivity (Wildman–Crippen MR) is 82.9 cm³/mol. The maximum atomic E-state index is 5.70. The van der Waals surface area contributed by atoms with Crippen molar-refractivity contribution in [2.45, 2.75) is 45.4 Å². The van der Waals surface area contributed by atoms with E-state index in [0.29, 0.717) is 5.92 Å². The molecule has 3 atom stereocenters. The van der Waals surface area contributed by atoms with Crippen LogP contribution in [0.2, 0.25) is 0 Å². The third kappa shape index (κ3) is 1.69. The second kappa shape index (κ2) is 4.40. The molecule has 2 heterocycles. The second-order valence-corrected chi connectivity index (χ2v) is 7.52. The van der Waals surface area contributed by atoms with E-state index in [9.17, 15) is 0 Å². The molecule has 5 heteroatoms. The van der Waals surface area contributed by atoms with E-state index in [1.54, 1.807) is 11.3 Å². The average Bonchev–Trinajstić information content (AvgIpc) is 3.14. The van der Waals surface area contributed by atoms with E-state index in [4.69, 9.17) is 15.8 Å². The molecule has 0 amide bonds. The van der Waals surface area contributed by atoms with Crippen molar-refractivity contribution in [3.63, 3.8) is 0 Å². The molecule has 2 saturated carbocycles. The number of nitrogens with two attached hydrogens (primary N) is 1. The first-order chi connectivity index (χ1) is 9.67. The molecule has 2 aromatic rings. The molecule has 0 aliphatic heterocycles. The van der Waals surface area contributed by atoms with Gasteiger partial charge in [0.05, 0.1) is 5.39 Å². The molecule has 4 rings (SSSR count). The van der Waals surface area contributed by atoms with Crippen molar-refractivity contribution in [1.29, 1.82) is 0 Å². The van der Waals surface area contributed by atoms with Gasteiger partial charge in [-0.1, -0.05) is 6.42 Å². The molecule has 0 saturated heterocycles. The Morgan fingerprint density at radius 2 is 2.05 bits per heavy atom. The highest BCUT2D eigenvalue weighted by Gasteiger charge is 2.41. The van der Waals surface area contributed by atoms with Crippen LogP contribution in [0.25, 0.3) is 10.2 Å². The molecule has 2 aromatic heterocycles. The van der Waals surface area contributed by atoms with Crippen LogP contribution in [0, 0.1) is 25.7 Å². The van der Waals surface area contributed by atoms with Crippen molar-refractivity contribution < 1.29 is 0 Å². The van der Waals surface area contributed by atoms with Crippen LogP contribution in [0.5, 0.6) is 0 Å². The Bertz CT molecular complexity index is 678. The minimum Gasteiger partial charge on any atom is -0.308 e. The first-order valence-corrected chi connectivity index (χ1v) is 8.23. The lowest BCUT2D eigenvalue weighted by molar-refractivity contribution is 0.406. The molecule has 0 radical (unpaired) electrons. The number of thiophene rings is 1. The number of anilines is 1. The van der Waals surface area contributed by atoms with Gasteiger partial charge in [-0.3, -0.25) is 0 Å². The molecule has 3 unspecified atom stereocenters. The minimum absolute atomic E-state index is 0.549. The quantitative estimate of drug-likeness (QED) is 0.656. The normalized spacial score (nSPS) is 28.4. The van der Waals surface area contributed by atoms with Crippen LogP contribution < -0.4 is 11.3 Å². The number of aryl methyl sites for hydroxylation is 2. The first kappa shape index (κ1) is 12.5. The Morgan fingerprint density at radius 3 is 2.70 bits per heavy atom. The summed E-state index contributed by atoms with van der Waals surface area (Å²) in [6, 6.07) is 0. The molecule has 3 N–H and O–H groups in total. The Balaban J connectivity index is 1.85. The van der Waals surface area contributed by atoms with Gasteiger partial charge in [-0.25, -0.2) is 15.8 Å². The molecule has 2 fully saturated rings. The fraction of sp³-hybridized carbons (Fsp3) is 0.600. The van der Waals surface area contributed by atoms with Crippen molar-refractivity contribution in [2.24, 2.45) is 17.7 Å². The van der Waals surface area contributed by atoms with E-state index in [-0.39, 0.29) is 0 Å². The van der Waals surface area contributed by atoms with E-state index in [2.05, 4.69) is 19.3 Å². The summed E-state index contributed by atoms with van der Waals surface area (Å²) in [6.45, 7) is 4.26. The van der Waals surface area contributed by atoms with E-state index in [1.165, 1.54) is 36.1 Å². The molecule has 2 aliphatic carbocycles.